The van der Waals surface area contributed by atoms with Gasteiger partial charge in [-0.15, -0.1) is 0 Å². The number of carbonyl (C=O) groups excluding carboxylic acids is 1. The third-order valence-corrected chi connectivity index (χ3v) is 9.86. The summed E-state index contributed by atoms with van der Waals surface area (Å²) in [7, 11) is 3.96. The first-order valence-electron chi connectivity index (χ1n) is 14.3. The minimum Gasteiger partial charge on any atom is -0.479 e. The Morgan fingerprint density at radius 3 is 2.44 bits per heavy atom. The SMILES string of the molecule is [B]N(C)Cc1cc(NC(=O)OC[C@H](C)c2ccc(C(Nc3ccc4nc[nH]c(=O)c4c3)C(=O)O)cc2)ccc1S(=O)(=O)C1CC1. The van der Waals surface area contributed by atoms with Crippen molar-refractivity contribution in [2.45, 2.75) is 48.4 Å². The van der Waals surface area contributed by atoms with Gasteiger partial charge in [0, 0.05) is 23.8 Å². The fraction of sp³-hybridized carbons (Fsp3) is 0.290. The van der Waals surface area contributed by atoms with Crippen LogP contribution in [0.15, 0.2) is 76.7 Å². The van der Waals surface area contributed by atoms with E-state index in [4.69, 9.17) is 12.7 Å². The van der Waals surface area contributed by atoms with Crippen LogP contribution in [0.5, 0.6) is 0 Å². The maximum atomic E-state index is 12.9. The lowest BCUT2D eigenvalue weighted by molar-refractivity contribution is -0.138. The van der Waals surface area contributed by atoms with E-state index >= 15 is 0 Å². The number of carbonyl (C=O) groups is 2. The summed E-state index contributed by atoms with van der Waals surface area (Å²) in [6.45, 7) is 2.08. The molecule has 0 aliphatic heterocycles. The average Bonchev–Trinajstić information content (AvgIpc) is 3.85. The summed E-state index contributed by atoms with van der Waals surface area (Å²) in [6.07, 6.45) is 1.87. The number of hydrogen-bond acceptors (Lipinski definition) is 9. The molecule has 3 aromatic carbocycles. The van der Waals surface area contributed by atoms with Crippen LogP contribution in [0.2, 0.25) is 0 Å². The van der Waals surface area contributed by atoms with Crippen LogP contribution < -0.4 is 16.2 Å². The van der Waals surface area contributed by atoms with Gasteiger partial charge >= 0.3 is 12.1 Å². The highest BCUT2D eigenvalue weighted by Gasteiger charge is 2.38. The molecular formula is C31H32BN5O7S. The molecular weight excluding hydrogens is 597 g/mol. The molecule has 5 rings (SSSR count). The number of rotatable bonds is 12. The van der Waals surface area contributed by atoms with E-state index in [1.165, 1.54) is 23.3 Å². The number of hydrogen-bond donors (Lipinski definition) is 4. The summed E-state index contributed by atoms with van der Waals surface area (Å²) in [4.78, 5) is 45.0. The highest BCUT2D eigenvalue weighted by Crippen LogP contribution is 2.36. The lowest BCUT2D eigenvalue weighted by Gasteiger charge is -2.18. The molecule has 1 saturated carbocycles. The van der Waals surface area contributed by atoms with Gasteiger partial charge in [-0.1, -0.05) is 31.2 Å². The Balaban J connectivity index is 1.20. The number of ether oxygens (including phenoxy) is 1. The lowest BCUT2D eigenvalue weighted by atomic mass is 9.98. The first kappa shape index (κ1) is 31.7. The fourth-order valence-corrected chi connectivity index (χ4v) is 6.83. The first-order chi connectivity index (χ1) is 21.4. The summed E-state index contributed by atoms with van der Waals surface area (Å²) in [5, 5.41) is 15.5. The Kier molecular flexibility index (Phi) is 9.25. The Hall–Kier alpha value is -4.69. The molecule has 1 aliphatic rings. The van der Waals surface area contributed by atoms with Gasteiger partial charge in [-0.3, -0.25) is 10.1 Å². The van der Waals surface area contributed by atoms with Crippen LogP contribution in [0.25, 0.3) is 10.9 Å². The number of fused-ring (bicyclic) bond motifs is 1. The standard InChI is InChI=1S/C31H32BN5O7S/c1-18(16-44-31(41)36-22-8-12-27(21(13-22)15-37(2)32)45(42,43)24-9-10-24)19-3-5-20(6-4-19)28(30(39)40)35-23-7-11-26-25(14-23)29(38)34-17-33-26/h3-8,11-14,17-18,24,28,35H,9-10,15-16H2,1-2H3,(H,36,41)(H,39,40)(H,33,34,38)/t18-,28?/m0/s1. The van der Waals surface area contributed by atoms with Crippen molar-refractivity contribution in [2.75, 3.05) is 24.3 Å². The molecule has 4 N–H and O–H groups in total. The number of aliphatic carboxylic acids is 1. The summed E-state index contributed by atoms with van der Waals surface area (Å²) in [6, 6.07) is 15.3. The third kappa shape index (κ3) is 7.52. The second-order valence-corrected chi connectivity index (χ2v) is 13.3. The van der Waals surface area contributed by atoms with Gasteiger partial charge < -0.3 is 25.0 Å². The van der Waals surface area contributed by atoms with Crippen LogP contribution >= 0.6 is 0 Å². The molecule has 14 heteroatoms. The van der Waals surface area contributed by atoms with Crippen molar-refractivity contribution in [3.8, 4) is 0 Å². The number of nitrogens with one attached hydrogen (secondary N) is 3. The van der Waals surface area contributed by atoms with Gasteiger partial charge in [-0.05, 0) is 73.0 Å². The van der Waals surface area contributed by atoms with Gasteiger partial charge in [0.1, 0.15) is 0 Å². The van der Waals surface area contributed by atoms with E-state index in [0.29, 0.717) is 46.2 Å². The average molecular weight is 630 g/mol. The zero-order valence-corrected chi connectivity index (χ0v) is 25.5. The van der Waals surface area contributed by atoms with Gasteiger partial charge in [-0.2, -0.15) is 0 Å². The second-order valence-electron chi connectivity index (χ2n) is 11.2. The predicted molar refractivity (Wildman–Crippen MR) is 170 cm³/mol. The maximum Gasteiger partial charge on any atom is 0.411 e. The van der Waals surface area contributed by atoms with Crippen molar-refractivity contribution in [2.24, 2.45) is 0 Å². The van der Waals surface area contributed by atoms with Crippen LogP contribution in [-0.4, -0.2) is 67.3 Å². The smallest absolute Gasteiger partial charge is 0.411 e. The maximum absolute atomic E-state index is 12.9. The van der Waals surface area contributed by atoms with Crippen molar-refractivity contribution < 1.29 is 27.9 Å². The van der Waals surface area contributed by atoms with E-state index in [2.05, 4.69) is 20.6 Å². The van der Waals surface area contributed by atoms with Crippen molar-refractivity contribution in [1.29, 1.82) is 0 Å². The number of carboxylic acids is 1. The number of carboxylic acid groups (broad SMARTS) is 1. The molecule has 4 aromatic rings. The molecule has 1 heterocycles. The summed E-state index contributed by atoms with van der Waals surface area (Å²) < 4.78 is 31.1. The second kappa shape index (κ2) is 13.1. The highest BCUT2D eigenvalue weighted by atomic mass is 32.2. The van der Waals surface area contributed by atoms with Gasteiger partial charge in [0.05, 0.1) is 34.0 Å². The van der Waals surface area contributed by atoms with Crippen LogP contribution in [0.3, 0.4) is 0 Å². The number of sulfone groups is 1. The predicted octanol–water partition coefficient (Wildman–Crippen LogP) is 3.96. The number of benzene rings is 3. The molecule has 0 spiro atoms. The van der Waals surface area contributed by atoms with E-state index in [1.807, 2.05) is 6.92 Å². The van der Waals surface area contributed by atoms with Crippen LogP contribution in [0, 0.1) is 0 Å². The lowest BCUT2D eigenvalue weighted by Crippen LogP contribution is -2.21. The highest BCUT2D eigenvalue weighted by molar-refractivity contribution is 7.92. The van der Waals surface area contributed by atoms with E-state index in [9.17, 15) is 27.9 Å². The van der Waals surface area contributed by atoms with E-state index in [1.54, 1.807) is 55.6 Å². The van der Waals surface area contributed by atoms with Crippen LogP contribution in [0.4, 0.5) is 16.2 Å². The van der Waals surface area contributed by atoms with Crippen molar-refractivity contribution >= 4 is 52.2 Å². The van der Waals surface area contributed by atoms with Crippen LogP contribution in [0.1, 0.15) is 48.4 Å². The molecule has 1 fully saturated rings. The topological polar surface area (TPSA) is 171 Å². The quantitative estimate of drug-likeness (QED) is 0.168. The van der Waals surface area contributed by atoms with Gasteiger partial charge in [0.25, 0.3) is 5.56 Å². The number of H-pyrrole nitrogens is 1. The Bertz CT molecular complexity index is 1890. The van der Waals surface area contributed by atoms with Gasteiger partial charge in [-0.25, -0.2) is 23.0 Å². The Labute approximate surface area is 261 Å². The number of nitrogens with zero attached hydrogens (tertiary/aromatic N) is 2. The van der Waals surface area contributed by atoms with Crippen molar-refractivity contribution in [3.63, 3.8) is 0 Å². The van der Waals surface area contributed by atoms with Gasteiger partial charge in [0.15, 0.2) is 23.9 Å². The molecule has 0 bridgehead atoms. The molecule has 1 aliphatic carbocycles. The molecule has 2 atom stereocenters. The minimum absolute atomic E-state index is 0.0397. The third-order valence-electron chi connectivity index (χ3n) is 7.50. The van der Waals surface area contributed by atoms with E-state index in [-0.39, 0.29) is 34.8 Å². The molecule has 0 saturated heterocycles. The fourth-order valence-electron chi connectivity index (χ4n) is 4.97. The van der Waals surface area contributed by atoms with E-state index < -0.39 is 27.9 Å². The van der Waals surface area contributed by atoms with Gasteiger partial charge in [0.2, 0.25) is 0 Å². The molecule has 45 heavy (non-hydrogen) atoms. The zero-order chi connectivity index (χ0) is 32.3. The largest absolute Gasteiger partial charge is 0.479 e. The van der Waals surface area contributed by atoms with Crippen molar-refractivity contribution in [1.82, 2.24) is 14.8 Å². The first-order valence-corrected chi connectivity index (χ1v) is 15.8. The molecule has 232 valence electrons. The Morgan fingerprint density at radius 2 is 1.78 bits per heavy atom. The van der Waals surface area contributed by atoms with Crippen LogP contribution in [-0.2, 0) is 25.9 Å². The summed E-state index contributed by atoms with van der Waals surface area (Å²) >= 11 is 0. The van der Waals surface area contributed by atoms with E-state index in [0.717, 1.165) is 5.56 Å². The normalized spacial score (nSPS) is 14.6. The number of aromatic amines is 1. The summed E-state index contributed by atoms with van der Waals surface area (Å²) in [5.74, 6) is -1.32. The number of anilines is 2. The molecule has 12 nitrogen and oxygen atoms in total. The molecule has 1 unspecified atom stereocenters. The number of aromatic nitrogens is 2. The number of amides is 1. The zero-order valence-electron chi connectivity index (χ0n) is 24.7. The minimum atomic E-state index is -3.46. The van der Waals surface area contributed by atoms with Crippen molar-refractivity contribution in [3.05, 3.63) is 94.0 Å². The molecule has 1 amide bonds. The summed E-state index contributed by atoms with van der Waals surface area (Å²) in [5.41, 5.74) is 2.79. The molecule has 1 aromatic heterocycles. The monoisotopic (exact) mass is 629 g/mol. The Morgan fingerprint density at radius 1 is 1.09 bits per heavy atom. The molecule has 2 radical (unpaired) electrons.